The Kier molecular flexibility index (Phi) is 4.66. The van der Waals surface area contributed by atoms with Crippen LogP contribution in [0.25, 0.3) is 0 Å². The van der Waals surface area contributed by atoms with Crippen molar-refractivity contribution in [2.24, 2.45) is 0 Å². The van der Waals surface area contributed by atoms with Crippen LogP contribution in [0.1, 0.15) is 45.2 Å². The normalized spacial score (nSPS) is 16.0. The van der Waals surface area contributed by atoms with Crippen LogP contribution in [-0.4, -0.2) is 33.7 Å². The number of halogens is 1. The van der Waals surface area contributed by atoms with E-state index in [1.54, 1.807) is 45.0 Å². The summed E-state index contributed by atoms with van der Waals surface area (Å²) in [5, 5.41) is 10.1. The molecule has 6 heteroatoms. The van der Waals surface area contributed by atoms with Gasteiger partial charge in [0, 0.05) is 11.1 Å². The second kappa shape index (κ2) is 6.16. The summed E-state index contributed by atoms with van der Waals surface area (Å²) in [6.45, 7) is 5.27. The van der Waals surface area contributed by atoms with Crippen LogP contribution in [0.5, 0.6) is 0 Å². The maximum atomic E-state index is 12.4. The van der Waals surface area contributed by atoms with E-state index in [4.69, 9.17) is 16.3 Å². The van der Waals surface area contributed by atoms with Crippen molar-refractivity contribution < 1.29 is 19.4 Å². The fourth-order valence-corrected chi connectivity index (χ4v) is 2.33. The first-order valence-electron chi connectivity index (χ1n) is 7.18. The van der Waals surface area contributed by atoms with E-state index in [0.29, 0.717) is 10.6 Å². The lowest BCUT2D eigenvalue weighted by Crippen LogP contribution is -2.43. The molecule has 1 amide bonds. The van der Waals surface area contributed by atoms with Gasteiger partial charge in [-0.25, -0.2) is 9.59 Å². The monoisotopic (exact) mass is 325 g/mol. The molecular formula is C16H20ClNO4. The third-order valence-corrected chi connectivity index (χ3v) is 3.49. The van der Waals surface area contributed by atoms with Gasteiger partial charge in [0.15, 0.2) is 6.04 Å². The Morgan fingerprint density at radius 2 is 1.82 bits per heavy atom. The molecule has 0 aromatic heterocycles. The number of carboxylic acid groups (broad SMARTS) is 1. The standard InChI is InChI=1S/C16H20ClNO4/c1-16(2,3)22-15(21)18(12-8-9-12)13(14(19)20)10-4-6-11(17)7-5-10/h4-7,12-13H,8-9H2,1-3H3,(H,19,20). The fourth-order valence-electron chi connectivity index (χ4n) is 2.20. The molecule has 2 rings (SSSR count). The highest BCUT2D eigenvalue weighted by Crippen LogP contribution is 2.36. The quantitative estimate of drug-likeness (QED) is 0.912. The molecule has 0 saturated heterocycles. The predicted octanol–water partition coefficient (Wildman–Crippen LogP) is 3.87. The third-order valence-electron chi connectivity index (χ3n) is 3.24. The van der Waals surface area contributed by atoms with Gasteiger partial charge in [0.2, 0.25) is 0 Å². The number of carbonyl (C=O) groups is 2. The highest BCUT2D eigenvalue weighted by atomic mass is 35.5. The van der Waals surface area contributed by atoms with Crippen molar-refractivity contribution in [1.82, 2.24) is 4.90 Å². The number of aliphatic carboxylic acids is 1. The van der Waals surface area contributed by atoms with Crippen LogP contribution >= 0.6 is 11.6 Å². The van der Waals surface area contributed by atoms with Gasteiger partial charge in [-0.1, -0.05) is 23.7 Å². The first-order valence-corrected chi connectivity index (χ1v) is 7.56. The molecule has 1 N–H and O–H groups in total. The van der Waals surface area contributed by atoms with Gasteiger partial charge in [-0.15, -0.1) is 0 Å². The van der Waals surface area contributed by atoms with E-state index in [1.807, 2.05) is 0 Å². The Labute approximate surface area is 134 Å². The molecule has 1 aromatic carbocycles. The largest absolute Gasteiger partial charge is 0.479 e. The van der Waals surface area contributed by atoms with Crippen molar-refractivity contribution in [3.05, 3.63) is 34.9 Å². The van der Waals surface area contributed by atoms with Gasteiger partial charge >= 0.3 is 12.1 Å². The van der Waals surface area contributed by atoms with Crippen LogP contribution in [0, 0.1) is 0 Å². The number of carbonyl (C=O) groups excluding carboxylic acids is 1. The molecule has 0 radical (unpaired) electrons. The van der Waals surface area contributed by atoms with Crippen LogP contribution in [-0.2, 0) is 9.53 Å². The Balaban J connectivity index is 2.32. The molecule has 1 fully saturated rings. The van der Waals surface area contributed by atoms with Gasteiger partial charge in [0.05, 0.1) is 0 Å². The SMILES string of the molecule is CC(C)(C)OC(=O)N(C1CC1)C(C(=O)O)c1ccc(Cl)cc1. The molecule has 1 aliphatic carbocycles. The molecule has 1 atom stereocenters. The van der Waals surface area contributed by atoms with Gasteiger partial charge in [-0.3, -0.25) is 4.90 Å². The second-order valence-corrected chi connectivity index (χ2v) is 6.85. The van der Waals surface area contributed by atoms with E-state index in [0.717, 1.165) is 12.8 Å². The van der Waals surface area contributed by atoms with Gasteiger partial charge < -0.3 is 9.84 Å². The molecule has 1 saturated carbocycles. The summed E-state index contributed by atoms with van der Waals surface area (Å²) >= 11 is 5.85. The van der Waals surface area contributed by atoms with Crippen LogP contribution < -0.4 is 0 Å². The number of benzene rings is 1. The molecule has 1 aliphatic rings. The van der Waals surface area contributed by atoms with Crippen LogP contribution in [0.4, 0.5) is 4.79 Å². The van der Waals surface area contributed by atoms with Crippen LogP contribution in [0.2, 0.25) is 5.02 Å². The van der Waals surface area contributed by atoms with Crippen molar-refractivity contribution in [2.75, 3.05) is 0 Å². The molecule has 0 bridgehead atoms. The Bertz CT molecular complexity index is 561. The Morgan fingerprint density at radius 1 is 1.27 bits per heavy atom. The van der Waals surface area contributed by atoms with E-state index >= 15 is 0 Å². The molecule has 22 heavy (non-hydrogen) atoms. The Hall–Kier alpha value is -1.75. The molecular weight excluding hydrogens is 306 g/mol. The number of hydrogen-bond donors (Lipinski definition) is 1. The average Bonchev–Trinajstić information content (AvgIpc) is 3.18. The van der Waals surface area contributed by atoms with E-state index in [1.165, 1.54) is 4.90 Å². The molecule has 0 heterocycles. The number of nitrogens with zero attached hydrogens (tertiary/aromatic N) is 1. The average molecular weight is 326 g/mol. The molecule has 120 valence electrons. The highest BCUT2D eigenvalue weighted by molar-refractivity contribution is 6.30. The van der Waals surface area contributed by atoms with E-state index < -0.39 is 23.7 Å². The van der Waals surface area contributed by atoms with Crippen LogP contribution in [0.15, 0.2) is 24.3 Å². The van der Waals surface area contributed by atoms with Crippen molar-refractivity contribution in [3.63, 3.8) is 0 Å². The Morgan fingerprint density at radius 3 is 2.23 bits per heavy atom. The molecule has 0 aliphatic heterocycles. The maximum Gasteiger partial charge on any atom is 0.411 e. The summed E-state index contributed by atoms with van der Waals surface area (Å²) in [4.78, 5) is 25.5. The third kappa shape index (κ3) is 4.13. The number of carboxylic acids is 1. The van der Waals surface area contributed by atoms with E-state index in [9.17, 15) is 14.7 Å². The topological polar surface area (TPSA) is 66.8 Å². The number of rotatable bonds is 4. The number of amides is 1. The lowest BCUT2D eigenvalue weighted by Gasteiger charge is -2.31. The van der Waals surface area contributed by atoms with E-state index in [2.05, 4.69) is 0 Å². The first-order chi connectivity index (χ1) is 10.2. The molecule has 1 unspecified atom stereocenters. The summed E-state index contributed by atoms with van der Waals surface area (Å²) in [5.41, 5.74) is -0.164. The first kappa shape index (κ1) is 16.6. The molecule has 0 spiro atoms. The van der Waals surface area contributed by atoms with Gasteiger partial charge in [-0.2, -0.15) is 0 Å². The zero-order valence-corrected chi connectivity index (χ0v) is 13.6. The summed E-state index contributed by atoms with van der Waals surface area (Å²) in [5.74, 6) is -1.08. The zero-order valence-electron chi connectivity index (χ0n) is 12.9. The van der Waals surface area contributed by atoms with Gasteiger partial charge in [0.25, 0.3) is 0 Å². The minimum Gasteiger partial charge on any atom is -0.479 e. The fraction of sp³-hybridized carbons (Fsp3) is 0.500. The summed E-state index contributed by atoms with van der Waals surface area (Å²) in [6, 6.07) is 5.33. The van der Waals surface area contributed by atoms with E-state index in [-0.39, 0.29) is 6.04 Å². The number of hydrogen-bond acceptors (Lipinski definition) is 3. The smallest absolute Gasteiger partial charge is 0.411 e. The lowest BCUT2D eigenvalue weighted by atomic mass is 10.1. The second-order valence-electron chi connectivity index (χ2n) is 6.41. The van der Waals surface area contributed by atoms with Gasteiger partial charge in [0.1, 0.15) is 5.60 Å². The number of ether oxygens (including phenoxy) is 1. The minimum atomic E-state index is -1.08. The highest BCUT2D eigenvalue weighted by Gasteiger charge is 2.43. The summed E-state index contributed by atoms with van der Waals surface area (Å²) in [6.07, 6.45) is 0.977. The van der Waals surface area contributed by atoms with Crippen molar-refractivity contribution in [1.29, 1.82) is 0 Å². The van der Waals surface area contributed by atoms with Crippen molar-refractivity contribution >= 4 is 23.7 Å². The minimum absolute atomic E-state index is 0.0911. The van der Waals surface area contributed by atoms with Crippen molar-refractivity contribution in [2.45, 2.75) is 51.3 Å². The zero-order chi connectivity index (χ0) is 16.5. The predicted molar refractivity (Wildman–Crippen MR) is 82.9 cm³/mol. The summed E-state index contributed by atoms with van der Waals surface area (Å²) < 4.78 is 5.38. The lowest BCUT2D eigenvalue weighted by molar-refractivity contribution is -0.143. The summed E-state index contributed by atoms with van der Waals surface area (Å²) in [7, 11) is 0. The maximum absolute atomic E-state index is 12.4. The molecule has 1 aromatic rings. The molecule has 5 nitrogen and oxygen atoms in total. The van der Waals surface area contributed by atoms with Crippen LogP contribution in [0.3, 0.4) is 0 Å². The van der Waals surface area contributed by atoms with Gasteiger partial charge in [-0.05, 0) is 51.3 Å². The van der Waals surface area contributed by atoms with Crippen molar-refractivity contribution in [3.8, 4) is 0 Å².